The number of hydrogen-bond donors (Lipinski definition) is 1. The van der Waals surface area contributed by atoms with Gasteiger partial charge in [0.05, 0.1) is 0 Å². The maximum atomic E-state index is 8.81. The molecule has 1 N–H and O–H groups in total. The van der Waals surface area contributed by atoms with Gasteiger partial charge in [-0.1, -0.05) is 44.9 Å². The summed E-state index contributed by atoms with van der Waals surface area (Å²) in [5.41, 5.74) is 1.09. The third kappa shape index (κ3) is 16.9. The number of aromatic hydroxyl groups is 1. The smallest absolute Gasteiger partial charge is 0.115 e. The Kier molecular flexibility index (Phi) is 23.0. The fourth-order valence-electron chi connectivity index (χ4n) is 1.55. The molecule has 0 fully saturated rings. The molecule has 0 amide bonds. The van der Waals surface area contributed by atoms with Crippen LogP contribution in [0.5, 0.6) is 5.75 Å². The van der Waals surface area contributed by atoms with Crippen molar-refractivity contribution in [2.75, 3.05) is 0 Å². The fourth-order valence-corrected chi connectivity index (χ4v) is 2.80. The van der Waals surface area contributed by atoms with E-state index in [1.54, 1.807) is 12.1 Å². The molecule has 1 aliphatic carbocycles. The molecule has 1 aliphatic rings. The monoisotopic (exact) mass is 423 g/mol. The summed E-state index contributed by atoms with van der Waals surface area (Å²) in [7, 11) is 0.0779. The number of aryl methyl sites for hydroxylation is 1. The zero-order valence-electron chi connectivity index (χ0n) is 14.9. The zero-order chi connectivity index (χ0) is 15.6. The van der Waals surface area contributed by atoms with E-state index in [4.69, 9.17) is 5.11 Å². The molecule has 0 aromatic heterocycles. The van der Waals surface area contributed by atoms with Gasteiger partial charge in [-0.05, 0) is 24.6 Å². The minimum atomic E-state index is -1.01. The van der Waals surface area contributed by atoms with Crippen LogP contribution in [-0.2, 0) is 21.7 Å². The van der Waals surface area contributed by atoms with Crippen molar-refractivity contribution in [3.63, 3.8) is 0 Å². The minimum absolute atomic E-state index is 0. The molecule has 0 heterocycles. The topological polar surface area (TPSA) is 20.2 Å². The van der Waals surface area contributed by atoms with Crippen LogP contribution in [0.15, 0.2) is 41.6 Å². The van der Waals surface area contributed by atoms with Crippen molar-refractivity contribution in [3.05, 3.63) is 53.3 Å². The summed E-state index contributed by atoms with van der Waals surface area (Å²) in [4.78, 5) is 0. The van der Waals surface area contributed by atoms with Crippen LogP contribution in [0.4, 0.5) is 0 Å². The van der Waals surface area contributed by atoms with Crippen LogP contribution < -0.4 is 0 Å². The molecule has 0 spiro atoms. The molecule has 23 heavy (non-hydrogen) atoms. The maximum Gasteiger partial charge on any atom is 0.115 e. The Labute approximate surface area is 173 Å². The molecule has 0 atom stereocenters. The molecule has 130 valence electrons. The number of phenolic OH excluding ortho intramolecular Hbond substituents is 1. The van der Waals surface area contributed by atoms with E-state index in [1.807, 2.05) is 19.1 Å². The Morgan fingerprint density at radius 3 is 1.87 bits per heavy atom. The first-order valence-electron chi connectivity index (χ1n) is 6.93. The summed E-state index contributed by atoms with van der Waals surface area (Å²) in [5, 5.41) is 10.3. The number of halogens is 2. The molecule has 2 rings (SSSR count). The van der Waals surface area contributed by atoms with Crippen LogP contribution in [0.25, 0.3) is 0 Å². The number of phenols is 1. The predicted octanol–water partition coefficient (Wildman–Crippen LogP) is 5.88. The Morgan fingerprint density at radius 1 is 1.13 bits per heavy atom. The number of allylic oxidation sites excluding steroid dienone is 4. The molecule has 0 saturated carbocycles. The third-order valence-electron chi connectivity index (χ3n) is 2.50. The van der Waals surface area contributed by atoms with Crippen molar-refractivity contribution in [1.82, 2.24) is 0 Å². The van der Waals surface area contributed by atoms with Crippen molar-refractivity contribution in [1.29, 1.82) is 0 Å². The second kappa shape index (κ2) is 17.1. The molecule has 1 aromatic rings. The van der Waals surface area contributed by atoms with Crippen molar-refractivity contribution in [2.45, 2.75) is 46.1 Å². The number of hydrogen-bond acceptors (Lipinski definition) is 1. The molecule has 6 heteroatoms. The molecule has 0 bridgehead atoms. The number of benzene rings is 1. The average molecular weight is 424 g/mol. The van der Waals surface area contributed by atoms with Crippen LogP contribution in [0.2, 0.25) is 32.7 Å². The van der Waals surface area contributed by atoms with E-state index in [9.17, 15) is 0 Å². The van der Waals surface area contributed by atoms with E-state index >= 15 is 0 Å². The minimum Gasteiger partial charge on any atom is -0.508 e. The third-order valence-corrected chi connectivity index (χ3v) is 4.46. The molecule has 0 unspecified atom stereocenters. The van der Waals surface area contributed by atoms with E-state index < -0.39 is 8.07 Å². The first-order chi connectivity index (χ1) is 9.31. The van der Waals surface area contributed by atoms with E-state index in [-0.39, 0.29) is 46.5 Å². The van der Waals surface area contributed by atoms with Gasteiger partial charge in [0.15, 0.2) is 0 Å². The van der Waals surface area contributed by atoms with Gasteiger partial charge in [0.1, 0.15) is 5.75 Å². The van der Waals surface area contributed by atoms with Gasteiger partial charge in [-0.25, -0.2) is 11.3 Å². The Morgan fingerprint density at radius 2 is 1.65 bits per heavy atom. The second-order valence-electron chi connectivity index (χ2n) is 5.79. The van der Waals surface area contributed by atoms with Crippen molar-refractivity contribution in [2.24, 2.45) is 0 Å². The van der Waals surface area contributed by atoms with Gasteiger partial charge in [-0.3, -0.25) is 6.08 Å². The predicted molar refractivity (Wildman–Crippen MR) is 109 cm³/mol. The number of rotatable bonds is 1. The first-order valence-corrected chi connectivity index (χ1v) is 12.4. The van der Waals surface area contributed by atoms with Gasteiger partial charge in [-0.15, -0.1) is 31.2 Å². The standard InChI is InChI=1S/C8H13Si.C7H8O.C2H6Si.2ClH.Ti/c1-9(2,3)8-6-4-5-7-8;1-6-3-2-4-7(8)5-6;1-3-2;;;/h4,6H,5H2,1-3H3;2-5,8H,1H3;1-2H3;2*1H;/q-1;;;;;. The SMILES string of the molecule is C[Si](C)(C)C1=[C-]CC=C1.C[Si]C.Cc1cccc(O)c1.Cl.Cl.[Ti]. The summed E-state index contributed by atoms with van der Waals surface area (Å²) in [6, 6.07) is 7.15. The zero-order valence-corrected chi connectivity index (χ0v) is 20.1. The summed E-state index contributed by atoms with van der Waals surface area (Å²) < 4.78 is 0. The van der Waals surface area contributed by atoms with Gasteiger partial charge in [0.25, 0.3) is 0 Å². The molecular weight excluding hydrogens is 395 g/mol. The molecule has 0 aliphatic heterocycles. The van der Waals surface area contributed by atoms with E-state index in [2.05, 4.69) is 51.0 Å². The van der Waals surface area contributed by atoms with Crippen LogP contribution in [0.3, 0.4) is 0 Å². The fraction of sp³-hybridized carbons (Fsp3) is 0.412. The molecule has 0 saturated heterocycles. The maximum absolute atomic E-state index is 8.81. The summed E-state index contributed by atoms with van der Waals surface area (Å²) in [6.45, 7) is 13.3. The van der Waals surface area contributed by atoms with Gasteiger partial charge < -0.3 is 5.11 Å². The Balaban J connectivity index is -0.000000121. The van der Waals surface area contributed by atoms with Crippen LogP contribution in [0.1, 0.15) is 12.0 Å². The van der Waals surface area contributed by atoms with E-state index in [0.717, 1.165) is 21.5 Å². The van der Waals surface area contributed by atoms with Gasteiger partial charge in [0.2, 0.25) is 0 Å². The Bertz CT molecular complexity index is 441. The van der Waals surface area contributed by atoms with E-state index in [1.165, 1.54) is 5.20 Å². The molecular formula is C17H29Cl2OSi2Ti-. The summed E-state index contributed by atoms with van der Waals surface area (Å²) in [5.74, 6) is 0.338. The van der Waals surface area contributed by atoms with Gasteiger partial charge >= 0.3 is 0 Å². The van der Waals surface area contributed by atoms with Gasteiger partial charge in [0, 0.05) is 39.3 Å². The second-order valence-corrected chi connectivity index (χ2v) is 11.8. The molecule has 1 nitrogen and oxygen atoms in total. The van der Waals surface area contributed by atoms with Crippen molar-refractivity contribution in [3.8, 4) is 5.75 Å². The van der Waals surface area contributed by atoms with Crippen molar-refractivity contribution < 1.29 is 26.8 Å². The average Bonchev–Trinajstić information content (AvgIpc) is 2.83. The quantitative estimate of drug-likeness (QED) is 0.441. The van der Waals surface area contributed by atoms with E-state index in [0.29, 0.717) is 5.75 Å². The molecule has 1 aromatic carbocycles. The van der Waals surface area contributed by atoms with Crippen molar-refractivity contribution >= 4 is 42.4 Å². The van der Waals surface area contributed by atoms with Gasteiger partial charge in [-0.2, -0.15) is 6.08 Å². The molecule has 2 radical (unpaired) electrons. The summed E-state index contributed by atoms with van der Waals surface area (Å²) >= 11 is 0. The normalized spacial score (nSPS) is 11.1. The summed E-state index contributed by atoms with van der Waals surface area (Å²) in [6.07, 6.45) is 8.82. The van der Waals surface area contributed by atoms with Crippen LogP contribution in [-0.4, -0.2) is 22.7 Å². The first kappa shape index (κ1) is 31.0. The largest absolute Gasteiger partial charge is 0.508 e. The Hall–Kier alpha value is 0.228. The van der Waals surface area contributed by atoms with Crippen LogP contribution >= 0.6 is 24.8 Å². The van der Waals surface area contributed by atoms with Crippen LogP contribution in [0, 0.1) is 13.0 Å².